The van der Waals surface area contributed by atoms with Crippen LogP contribution in [0.15, 0.2) is 29.5 Å². The van der Waals surface area contributed by atoms with Crippen molar-refractivity contribution in [1.82, 2.24) is 4.90 Å². The van der Waals surface area contributed by atoms with Crippen molar-refractivity contribution in [3.8, 4) is 5.75 Å². The fourth-order valence-electron chi connectivity index (χ4n) is 2.09. The Labute approximate surface area is 125 Å². The summed E-state index contributed by atoms with van der Waals surface area (Å²) in [6.07, 6.45) is 0. The van der Waals surface area contributed by atoms with Gasteiger partial charge in [0.25, 0.3) is 5.91 Å². The molecule has 0 spiro atoms. The van der Waals surface area contributed by atoms with E-state index < -0.39 is 17.7 Å². The zero-order valence-electron chi connectivity index (χ0n) is 11.8. The average Bonchev–Trinajstić information content (AvgIpc) is 2.80. The Hall–Kier alpha value is -2.61. The number of phenols is 1. The van der Waals surface area contributed by atoms with E-state index in [4.69, 9.17) is 5.11 Å². The highest BCUT2D eigenvalue weighted by Gasteiger charge is 2.34. The quantitative estimate of drug-likeness (QED) is 0.672. The van der Waals surface area contributed by atoms with Gasteiger partial charge in [0, 0.05) is 12.6 Å². The van der Waals surface area contributed by atoms with E-state index in [-0.39, 0.29) is 42.4 Å². The summed E-state index contributed by atoms with van der Waals surface area (Å²) >= 11 is 0. The summed E-state index contributed by atoms with van der Waals surface area (Å²) in [7, 11) is 1.17. The predicted molar refractivity (Wildman–Crippen MR) is 74.4 cm³/mol. The molecular formula is C14H15FN2O5. The summed E-state index contributed by atoms with van der Waals surface area (Å²) in [6.45, 7) is -0.282. The molecule has 0 aromatic heterocycles. The number of aromatic hydroxyl groups is 1. The lowest BCUT2D eigenvalue weighted by Gasteiger charge is -2.15. The number of nitrogens with zero attached hydrogens (tertiary/aromatic N) is 1. The fraction of sp³-hybridized carbons (Fsp3) is 0.286. The number of rotatable bonds is 5. The van der Waals surface area contributed by atoms with E-state index in [9.17, 15) is 19.1 Å². The number of amides is 1. The highest BCUT2D eigenvalue weighted by Crippen LogP contribution is 2.26. The lowest BCUT2D eigenvalue weighted by molar-refractivity contribution is -0.136. The summed E-state index contributed by atoms with van der Waals surface area (Å²) < 4.78 is 18.3. The molecule has 1 aromatic rings. The van der Waals surface area contributed by atoms with Crippen LogP contribution in [0.25, 0.3) is 0 Å². The Morgan fingerprint density at radius 1 is 1.50 bits per heavy atom. The normalized spacial score (nSPS) is 14.5. The molecule has 1 aliphatic heterocycles. The number of β-amino-alcohol motifs (C(OH)–C–C–N with tert-alkyl or cyclic N) is 1. The largest absolute Gasteiger partial charge is 0.508 e. The van der Waals surface area contributed by atoms with Crippen LogP contribution < -0.4 is 5.32 Å². The van der Waals surface area contributed by atoms with E-state index in [1.54, 1.807) is 0 Å². The molecule has 0 bridgehead atoms. The Kier molecular flexibility index (Phi) is 4.62. The Morgan fingerprint density at radius 3 is 2.86 bits per heavy atom. The van der Waals surface area contributed by atoms with Gasteiger partial charge in [-0.05, 0) is 12.1 Å². The number of esters is 1. The highest BCUT2D eigenvalue weighted by molar-refractivity contribution is 6.08. The van der Waals surface area contributed by atoms with Crippen molar-refractivity contribution in [3.05, 3.63) is 35.3 Å². The number of carbonyl (C=O) groups excluding carboxylic acids is 2. The molecule has 1 amide bonds. The summed E-state index contributed by atoms with van der Waals surface area (Å²) in [5.41, 5.74) is -0.246. The van der Waals surface area contributed by atoms with Crippen molar-refractivity contribution < 1.29 is 28.9 Å². The number of benzene rings is 1. The van der Waals surface area contributed by atoms with Gasteiger partial charge in [0.05, 0.1) is 31.5 Å². The minimum absolute atomic E-state index is 0.0312. The van der Waals surface area contributed by atoms with Crippen molar-refractivity contribution >= 4 is 17.6 Å². The van der Waals surface area contributed by atoms with Gasteiger partial charge in [0.1, 0.15) is 17.3 Å². The molecule has 0 saturated heterocycles. The molecule has 2 rings (SSSR count). The van der Waals surface area contributed by atoms with Crippen molar-refractivity contribution in [3.63, 3.8) is 0 Å². The molecular weight excluding hydrogens is 295 g/mol. The Bertz CT molecular complexity index is 644. The van der Waals surface area contributed by atoms with Crippen molar-refractivity contribution in [1.29, 1.82) is 0 Å². The van der Waals surface area contributed by atoms with Gasteiger partial charge in [-0.25, -0.2) is 9.18 Å². The van der Waals surface area contributed by atoms with Gasteiger partial charge in [-0.3, -0.25) is 4.79 Å². The predicted octanol–water partition coefficient (Wildman–Crippen LogP) is 0.205. The molecule has 0 unspecified atom stereocenters. The van der Waals surface area contributed by atoms with Gasteiger partial charge >= 0.3 is 5.97 Å². The molecule has 118 valence electrons. The number of carbonyl (C=O) groups is 2. The molecule has 8 heteroatoms. The second kappa shape index (κ2) is 6.44. The number of hydrogen-bond donors (Lipinski definition) is 3. The summed E-state index contributed by atoms with van der Waals surface area (Å²) in [5.74, 6) is -2.17. The molecule has 0 atom stereocenters. The molecule has 1 aliphatic rings. The molecule has 3 N–H and O–H groups in total. The number of methoxy groups -OCH3 is 1. The van der Waals surface area contributed by atoms with Crippen molar-refractivity contribution in [2.24, 2.45) is 0 Å². The maximum absolute atomic E-state index is 13.7. The third kappa shape index (κ3) is 3.01. The minimum Gasteiger partial charge on any atom is -0.508 e. The van der Waals surface area contributed by atoms with Gasteiger partial charge in [-0.2, -0.15) is 0 Å². The first-order valence-electron chi connectivity index (χ1n) is 6.45. The standard InChI is InChI=1S/C14H15FN2O5/c1-22-14(21)9-7-17(4-5-18)13(20)12(9)16-11-6-8(19)2-3-10(11)15/h2-3,6,16,18-19H,4-5,7H2,1H3. The molecule has 0 radical (unpaired) electrons. The first-order valence-corrected chi connectivity index (χ1v) is 6.45. The Morgan fingerprint density at radius 2 is 2.23 bits per heavy atom. The lowest BCUT2D eigenvalue weighted by Crippen LogP contribution is -2.31. The van der Waals surface area contributed by atoms with Gasteiger partial charge in [-0.15, -0.1) is 0 Å². The number of aliphatic hydroxyl groups excluding tert-OH is 1. The van der Waals surface area contributed by atoms with Crippen LogP contribution in [-0.4, -0.2) is 53.8 Å². The smallest absolute Gasteiger partial charge is 0.337 e. The van der Waals surface area contributed by atoms with Crippen molar-refractivity contribution in [2.45, 2.75) is 0 Å². The second-order valence-electron chi connectivity index (χ2n) is 4.58. The van der Waals surface area contributed by atoms with Gasteiger partial charge < -0.3 is 25.2 Å². The minimum atomic E-state index is -0.725. The maximum Gasteiger partial charge on any atom is 0.337 e. The molecule has 0 saturated carbocycles. The van der Waals surface area contributed by atoms with Crippen LogP contribution >= 0.6 is 0 Å². The van der Waals surface area contributed by atoms with E-state index in [0.29, 0.717) is 0 Å². The summed E-state index contributed by atoms with van der Waals surface area (Å²) in [4.78, 5) is 25.2. The number of phenolic OH excluding ortho intramolecular Hbond substituents is 1. The summed E-state index contributed by atoms with van der Waals surface area (Å²) in [6, 6.07) is 3.28. The number of nitrogens with one attached hydrogen (secondary N) is 1. The highest BCUT2D eigenvalue weighted by atomic mass is 19.1. The van der Waals surface area contributed by atoms with Gasteiger partial charge in [0.15, 0.2) is 0 Å². The number of halogens is 1. The number of aliphatic hydroxyl groups is 1. The van der Waals surface area contributed by atoms with Crippen LogP contribution in [0.5, 0.6) is 5.75 Å². The molecule has 7 nitrogen and oxygen atoms in total. The topological polar surface area (TPSA) is 99.1 Å². The average molecular weight is 310 g/mol. The van der Waals surface area contributed by atoms with Crippen LogP contribution in [0, 0.1) is 5.82 Å². The molecule has 0 fully saturated rings. The number of hydrogen-bond acceptors (Lipinski definition) is 6. The SMILES string of the molecule is COC(=O)C1=C(Nc2cc(O)ccc2F)C(=O)N(CCO)C1. The zero-order chi connectivity index (χ0) is 16.3. The maximum atomic E-state index is 13.7. The zero-order valence-corrected chi connectivity index (χ0v) is 11.8. The Balaban J connectivity index is 2.36. The van der Waals surface area contributed by atoms with E-state index in [0.717, 1.165) is 18.2 Å². The molecule has 0 aliphatic carbocycles. The van der Waals surface area contributed by atoms with Crippen LogP contribution in [0.3, 0.4) is 0 Å². The molecule has 1 aromatic carbocycles. The number of anilines is 1. The fourth-order valence-corrected chi connectivity index (χ4v) is 2.09. The van der Waals surface area contributed by atoms with Crippen LogP contribution in [0.2, 0.25) is 0 Å². The summed E-state index contributed by atoms with van der Waals surface area (Å²) in [5, 5.41) is 20.9. The lowest BCUT2D eigenvalue weighted by atomic mass is 10.2. The van der Waals surface area contributed by atoms with E-state index in [1.165, 1.54) is 12.0 Å². The van der Waals surface area contributed by atoms with Crippen LogP contribution in [0.4, 0.5) is 10.1 Å². The third-order valence-electron chi connectivity index (χ3n) is 3.16. The van der Waals surface area contributed by atoms with E-state index in [1.807, 2.05) is 0 Å². The van der Waals surface area contributed by atoms with Crippen molar-refractivity contribution in [2.75, 3.05) is 32.1 Å². The second-order valence-corrected chi connectivity index (χ2v) is 4.58. The first kappa shape index (κ1) is 15.8. The van der Waals surface area contributed by atoms with Gasteiger partial charge in [-0.1, -0.05) is 0 Å². The van der Waals surface area contributed by atoms with E-state index >= 15 is 0 Å². The van der Waals surface area contributed by atoms with Gasteiger partial charge in [0.2, 0.25) is 0 Å². The van der Waals surface area contributed by atoms with Crippen LogP contribution in [0.1, 0.15) is 0 Å². The molecule has 1 heterocycles. The first-order chi connectivity index (χ1) is 10.5. The van der Waals surface area contributed by atoms with E-state index in [2.05, 4.69) is 10.1 Å². The number of ether oxygens (including phenoxy) is 1. The monoisotopic (exact) mass is 310 g/mol. The molecule has 22 heavy (non-hydrogen) atoms. The van der Waals surface area contributed by atoms with Crippen LogP contribution in [-0.2, 0) is 14.3 Å². The third-order valence-corrected chi connectivity index (χ3v) is 3.16.